The van der Waals surface area contributed by atoms with E-state index in [2.05, 4.69) is 15.3 Å². The predicted octanol–water partition coefficient (Wildman–Crippen LogP) is 3.31. The molecular formula is C14H14ClN3O. The van der Waals surface area contributed by atoms with E-state index in [0.717, 1.165) is 11.1 Å². The molecule has 1 aromatic carbocycles. The third kappa shape index (κ3) is 3.29. The molecule has 0 aliphatic rings. The maximum absolute atomic E-state index is 12.1. The van der Waals surface area contributed by atoms with Gasteiger partial charge in [0.25, 0.3) is 5.91 Å². The second-order valence-electron chi connectivity index (χ2n) is 4.43. The largest absolute Gasteiger partial charge is 0.290 e. The molecule has 0 saturated carbocycles. The summed E-state index contributed by atoms with van der Waals surface area (Å²) in [5.41, 5.74) is 3.34. The van der Waals surface area contributed by atoms with Crippen LogP contribution in [0, 0.1) is 20.8 Å². The Hall–Kier alpha value is -1.94. The fourth-order valence-corrected chi connectivity index (χ4v) is 2.06. The van der Waals surface area contributed by atoms with Crippen LogP contribution in [0.25, 0.3) is 0 Å². The van der Waals surface area contributed by atoms with Crippen molar-refractivity contribution in [1.82, 2.24) is 9.97 Å². The molecule has 2 aromatic rings. The van der Waals surface area contributed by atoms with Gasteiger partial charge in [-0.05, 0) is 38.5 Å². The van der Waals surface area contributed by atoms with Crippen molar-refractivity contribution in [2.24, 2.45) is 0 Å². The summed E-state index contributed by atoms with van der Waals surface area (Å²) in [5, 5.41) is 2.96. The number of aromatic nitrogens is 2. The summed E-state index contributed by atoms with van der Waals surface area (Å²) in [6.07, 6.45) is 0. The molecule has 19 heavy (non-hydrogen) atoms. The molecule has 1 amide bonds. The highest BCUT2D eigenvalue weighted by Gasteiger charge is 2.11. The number of hydrogen-bond donors (Lipinski definition) is 1. The number of rotatable bonds is 2. The lowest BCUT2D eigenvalue weighted by atomic mass is 10.1. The number of hydrogen-bond acceptors (Lipinski definition) is 3. The molecular weight excluding hydrogens is 262 g/mol. The molecule has 0 saturated heterocycles. The first-order valence-electron chi connectivity index (χ1n) is 5.85. The maximum Gasteiger partial charge on any atom is 0.258 e. The molecule has 0 fully saturated rings. The van der Waals surface area contributed by atoms with Gasteiger partial charge in [-0.2, -0.15) is 0 Å². The van der Waals surface area contributed by atoms with Gasteiger partial charge in [-0.15, -0.1) is 0 Å². The first kappa shape index (κ1) is 13.5. The van der Waals surface area contributed by atoms with Crippen LogP contribution in [0.4, 0.5) is 5.95 Å². The smallest absolute Gasteiger partial charge is 0.258 e. The Morgan fingerprint density at radius 2 is 1.89 bits per heavy atom. The van der Waals surface area contributed by atoms with Crippen LogP contribution in [-0.4, -0.2) is 15.9 Å². The second kappa shape index (κ2) is 5.36. The summed E-state index contributed by atoms with van der Waals surface area (Å²) in [6, 6.07) is 7.27. The minimum atomic E-state index is -0.237. The highest BCUT2D eigenvalue weighted by Crippen LogP contribution is 2.14. The third-order valence-electron chi connectivity index (χ3n) is 2.67. The van der Waals surface area contributed by atoms with Gasteiger partial charge >= 0.3 is 0 Å². The number of nitrogens with zero attached hydrogens (tertiary/aromatic N) is 2. The number of benzene rings is 1. The lowest BCUT2D eigenvalue weighted by molar-refractivity contribution is 0.102. The van der Waals surface area contributed by atoms with Crippen LogP contribution in [-0.2, 0) is 0 Å². The van der Waals surface area contributed by atoms with E-state index in [1.54, 1.807) is 19.1 Å². The maximum atomic E-state index is 12.1. The molecule has 5 heteroatoms. The topological polar surface area (TPSA) is 54.9 Å². The molecule has 0 aliphatic heterocycles. The fraction of sp³-hybridized carbons (Fsp3) is 0.214. The molecule has 1 heterocycles. The molecule has 0 bridgehead atoms. The van der Waals surface area contributed by atoms with E-state index in [1.165, 1.54) is 0 Å². The van der Waals surface area contributed by atoms with Gasteiger partial charge in [0.1, 0.15) is 5.15 Å². The van der Waals surface area contributed by atoms with E-state index in [4.69, 9.17) is 11.6 Å². The Morgan fingerprint density at radius 3 is 2.53 bits per heavy atom. The number of aryl methyl sites for hydroxylation is 3. The van der Waals surface area contributed by atoms with Crippen molar-refractivity contribution in [1.29, 1.82) is 0 Å². The van der Waals surface area contributed by atoms with Crippen molar-refractivity contribution in [2.45, 2.75) is 20.8 Å². The minimum absolute atomic E-state index is 0.218. The van der Waals surface area contributed by atoms with Gasteiger partial charge in [0, 0.05) is 11.3 Å². The molecule has 0 aliphatic carbocycles. The monoisotopic (exact) mass is 275 g/mol. The molecule has 0 unspecified atom stereocenters. The van der Waals surface area contributed by atoms with Crippen molar-refractivity contribution < 1.29 is 4.79 Å². The summed E-state index contributed by atoms with van der Waals surface area (Å²) in [7, 11) is 0. The Labute approximate surface area is 116 Å². The van der Waals surface area contributed by atoms with E-state index in [0.29, 0.717) is 16.4 Å². The average Bonchev–Trinajstić information content (AvgIpc) is 2.26. The van der Waals surface area contributed by atoms with E-state index < -0.39 is 0 Å². The number of amides is 1. The van der Waals surface area contributed by atoms with Gasteiger partial charge in [-0.3, -0.25) is 10.1 Å². The van der Waals surface area contributed by atoms with Crippen LogP contribution in [0.3, 0.4) is 0 Å². The lowest BCUT2D eigenvalue weighted by Gasteiger charge is -2.08. The standard InChI is InChI=1S/C14H14ClN3O/c1-8-4-5-11(9(2)6-8)13(19)18-14-16-10(3)7-12(15)17-14/h4-7H,1-3H3,(H,16,17,18,19). The van der Waals surface area contributed by atoms with Gasteiger partial charge in [-0.1, -0.05) is 29.3 Å². The van der Waals surface area contributed by atoms with Crippen molar-refractivity contribution in [3.05, 3.63) is 51.8 Å². The van der Waals surface area contributed by atoms with Crippen LogP contribution in [0.2, 0.25) is 5.15 Å². The lowest BCUT2D eigenvalue weighted by Crippen LogP contribution is -2.15. The normalized spacial score (nSPS) is 10.3. The Kier molecular flexibility index (Phi) is 3.81. The molecule has 1 aromatic heterocycles. The van der Waals surface area contributed by atoms with Crippen molar-refractivity contribution in [3.63, 3.8) is 0 Å². The molecule has 0 spiro atoms. The van der Waals surface area contributed by atoms with Crippen LogP contribution in [0.1, 0.15) is 27.2 Å². The van der Waals surface area contributed by atoms with E-state index in [1.807, 2.05) is 26.0 Å². The summed E-state index contributed by atoms with van der Waals surface area (Å²) in [5.74, 6) is -0.0193. The third-order valence-corrected chi connectivity index (χ3v) is 2.87. The van der Waals surface area contributed by atoms with Crippen LogP contribution < -0.4 is 5.32 Å². The van der Waals surface area contributed by atoms with Gasteiger partial charge in [-0.25, -0.2) is 9.97 Å². The molecule has 4 nitrogen and oxygen atoms in total. The van der Waals surface area contributed by atoms with Crippen LogP contribution in [0.5, 0.6) is 0 Å². The van der Waals surface area contributed by atoms with Gasteiger partial charge < -0.3 is 0 Å². The highest BCUT2D eigenvalue weighted by molar-refractivity contribution is 6.29. The van der Waals surface area contributed by atoms with Gasteiger partial charge in [0.15, 0.2) is 0 Å². The van der Waals surface area contributed by atoms with E-state index >= 15 is 0 Å². The molecule has 2 rings (SSSR count). The molecule has 98 valence electrons. The summed E-state index contributed by atoms with van der Waals surface area (Å²) < 4.78 is 0. The minimum Gasteiger partial charge on any atom is -0.290 e. The quantitative estimate of drug-likeness (QED) is 0.856. The number of nitrogens with one attached hydrogen (secondary N) is 1. The first-order chi connectivity index (χ1) is 8.95. The fourth-order valence-electron chi connectivity index (χ4n) is 1.82. The Bertz CT molecular complexity index is 620. The summed E-state index contributed by atoms with van der Waals surface area (Å²) in [6.45, 7) is 5.67. The highest BCUT2D eigenvalue weighted by atomic mass is 35.5. The number of carbonyl (C=O) groups is 1. The average molecular weight is 276 g/mol. The summed E-state index contributed by atoms with van der Waals surface area (Å²) >= 11 is 5.83. The number of halogens is 1. The zero-order chi connectivity index (χ0) is 14.0. The zero-order valence-corrected chi connectivity index (χ0v) is 11.7. The van der Waals surface area contributed by atoms with Gasteiger partial charge in [0.05, 0.1) is 0 Å². The van der Waals surface area contributed by atoms with Crippen LogP contribution >= 0.6 is 11.6 Å². The van der Waals surface area contributed by atoms with Crippen molar-refractivity contribution in [3.8, 4) is 0 Å². The van der Waals surface area contributed by atoms with E-state index in [9.17, 15) is 4.79 Å². The SMILES string of the molecule is Cc1ccc(C(=O)Nc2nc(C)cc(Cl)n2)c(C)c1. The number of anilines is 1. The second-order valence-corrected chi connectivity index (χ2v) is 4.82. The van der Waals surface area contributed by atoms with Crippen molar-refractivity contribution in [2.75, 3.05) is 5.32 Å². The number of carbonyl (C=O) groups excluding carboxylic acids is 1. The summed E-state index contributed by atoms with van der Waals surface area (Å²) in [4.78, 5) is 20.2. The first-order valence-corrected chi connectivity index (χ1v) is 6.23. The predicted molar refractivity (Wildman–Crippen MR) is 75.6 cm³/mol. The molecule has 0 atom stereocenters. The Morgan fingerprint density at radius 1 is 1.16 bits per heavy atom. The molecule has 1 N–H and O–H groups in total. The molecule has 0 radical (unpaired) electrons. The Balaban J connectivity index is 2.25. The van der Waals surface area contributed by atoms with Gasteiger partial charge in [0.2, 0.25) is 5.95 Å². The van der Waals surface area contributed by atoms with E-state index in [-0.39, 0.29) is 11.9 Å². The van der Waals surface area contributed by atoms with Crippen LogP contribution in [0.15, 0.2) is 24.3 Å². The zero-order valence-electron chi connectivity index (χ0n) is 11.0. The van der Waals surface area contributed by atoms with Crippen molar-refractivity contribution >= 4 is 23.5 Å².